The molecule has 0 fully saturated rings. The molecular weight excluding hydrogens is 402 g/mol. The van der Waals surface area contributed by atoms with E-state index in [0.29, 0.717) is 34.1 Å². The van der Waals surface area contributed by atoms with Crippen molar-refractivity contribution in [3.8, 4) is 28.7 Å². The summed E-state index contributed by atoms with van der Waals surface area (Å²) >= 11 is 0. The molecule has 0 spiro atoms. The van der Waals surface area contributed by atoms with Gasteiger partial charge in [-0.05, 0) is 29.8 Å². The molecule has 0 aliphatic carbocycles. The summed E-state index contributed by atoms with van der Waals surface area (Å²) < 4.78 is 22.3. The molecule has 2 aliphatic rings. The van der Waals surface area contributed by atoms with Crippen molar-refractivity contribution in [3.63, 3.8) is 0 Å². The number of hydrogen-bond acceptors (Lipinski definition) is 7. The second-order valence-electron chi connectivity index (χ2n) is 7.37. The first-order valence-electron chi connectivity index (χ1n) is 9.72. The molecule has 2 heterocycles. The van der Waals surface area contributed by atoms with Crippen LogP contribution in [0, 0.1) is 10.1 Å². The largest absolute Gasteiger partial charge is 0.508 e. The number of phenols is 1. The minimum Gasteiger partial charge on any atom is -0.508 e. The molecule has 8 heteroatoms. The van der Waals surface area contributed by atoms with Crippen LogP contribution in [0.3, 0.4) is 0 Å². The zero-order chi connectivity index (χ0) is 21.5. The fourth-order valence-corrected chi connectivity index (χ4v) is 4.25. The molecule has 0 saturated heterocycles. The van der Waals surface area contributed by atoms with Gasteiger partial charge in [-0.15, -0.1) is 0 Å². The number of nitro groups is 1. The van der Waals surface area contributed by atoms with Gasteiger partial charge < -0.3 is 24.1 Å². The number of rotatable bonds is 4. The van der Waals surface area contributed by atoms with Crippen LogP contribution >= 0.6 is 0 Å². The Labute approximate surface area is 177 Å². The lowest BCUT2D eigenvalue weighted by atomic mass is 9.78. The van der Waals surface area contributed by atoms with Crippen LogP contribution < -0.4 is 18.9 Å². The van der Waals surface area contributed by atoms with E-state index in [2.05, 4.69) is 0 Å². The van der Waals surface area contributed by atoms with Crippen molar-refractivity contribution in [2.45, 2.75) is 18.1 Å². The third-order valence-electron chi connectivity index (χ3n) is 5.71. The molecule has 0 saturated carbocycles. The smallest absolute Gasteiger partial charge is 0.264 e. The van der Waals surface area contributed by atoms with Crippen LogP contribution in [0.25, 0.3) is 0 Å². The second kappa shape index (κ2) is 7.39. The third-order valence-corrected chi connectivity index (χ3v) is 5.71. The van der Waals surface area contributed by atoms with Crippen molar-refractivity contribution in [1.82, 2.24) is 0 Å². The number of para-hydroxylation sites is 1. The van der Waals surface area contributed by atoms with E-state index in [0.717, 1.165) is 5.56 Å². The van der Waals surface area contributed by atoms with Crippen LogP contribution in [0.5, 0.6) is 28.7 Å². The number of fused-ring (bicyclic) bond motifs is 2. The fourth-order valence-electron chi connectivity index (χ4n) is 4.25. The van der Waals surface area contributed by atoms with Gasteiger partial charge in [-0.1, -0.05) is 30.3 Å². The van der Waals surface area contributed by atoms with E-state index >= 15 is 0 Å². The van der Waals surface area contributed by atoms with Crippen molar-refractivity contribution in [2.24, 2.45) is 0 Å². The Balaban J connectivity index is 1.72. The minimum atomic E-state index is -1.19. The summed E-state index contributed by atoms with van der Waals surface area (Å²) in [6, 6.07) is 15.9. The maximum Gasteiger partial charge on any atom is 0.264 e. The molecule has 1 N–H and O–H groups in total. The summed E-state index contributed by atoms with van der Waals surface area (Å²) in [4.78, 5) is 12.0. The highest BCUT2D eigenvalue weighted by molar-refractivity contribution is 5.57. The molecule has 2 aliphatic heterocycles. The van der Waals surface area contributed by atoms with Crippen molar-refractivity contribution in [3.05, 3.63) is 87.5 Å². The zero-order valence-electron chi connectivity index (χ0n) is 16.6. The number of benzene rings is 3. The van der Waals surface area contributed by atoms with E-state index < -0.39 is 18.1 Å². The Morgan fingerprint density at radius 1 is 1.00 bits per heavy atom. The number of phenolic OH excluding ortho intramolecular Hbond substituents is 1. The molecule has 0 unspecified atom stereocenters. The van der Waals surface area contributed by atoms with Crippen LogP contribution in [-0.4, -0.2) is 30.0 Å². The molecule has 3 aromatic rings. The predicted molar refractivity (Wildman–Crippen MR) is 110 cm³/mol. The molecule has 0 radical (unpaired) electrons. The normalized spacial score (nSPS) is 21.1. The molecule has 0 amide bonds. The van der Waals surface area contributed by atoms with Crippen LogP contribution in [0.4, 0.5) is 0 Å². The first-order valence-corrected chi connectivity index (χ1v) is 9.72. The molecule has 0 aromatic heterocycles. The summed E-state index contributed by atoms with van der Waals surface area (Å²) in [5.41, 5.74) is 1.71. The van der Waals surface area contributed by atoms with Crippen LogP contribution in [-0.2, 0) is 0 Å². The number of hydrogen-bond donors (Lipinski definition) is 1. The zero-order valence-corrected chi connectivity index (χ0v) is 16.6. The minimum absolute atomic E-state index is 0.0583. The molecule has 0 bridgehead atoms. The lowest BCUT2D eigenvalue weighted by molar-refractivity contribution is -0.538. The van der Waals surface area contributed by atoms with Crippen LogP contribution in [0.1, 0.15) is 28.7 Å². The standard InChI is InChI=1S/C23H19NO7/c1-28-14-8-6-13(7-9-14)21-16-10-19-20(30-12-29-19)11-18(16)31-23(22(21)24(26)27)15-4-2-3-5-17(15)25/h2-11,21-23,25H,12H2,1H3/t21-,22+,23-/m1/s1. The fraction of sp³-hybridized carbons (Fsp3) is 0.217. The predicted octanol–water partition coefficient (Wildman–Crippen LogP) is 4.04. The highest BCUT2D eigenvalue weighted by atomic mass is 16.7. The van der Waals surface area contributed by atoms with E-state index in [4.69, 9.17) is 18.9 Å². The molecular formula is C23H19NO7. The maximum absolute atomic E-state index is 12.4. The summed E-state index contributed by atoms with van der Waals surface area (Å²) in [6.45, 7) is 0.0764. The van der Waals surface area contributed by atoms with E-state index in [1.54, 1.807) is 49.6 Å². The Morgan fingerprint density at radius 3 is 2.39 bits per heavy atom. The van der Waals surface area contributed by atoms with Gasteiger partial charge in [0.05, 0.1) is 13.0 Å². The van der Waals surface area contributed by atoms with Crippen molar-refractivity contribution < 1.29 is 29.0 Å². The number of methoxy groups -OCH3 is 1. The van der Waals surface area contributed by atoms with Gasteiger partial charge in [0.1, 0.15) is 17.2 Å². The van der Waals surface area contributed by atoms with Gasteiger partial charge >= 0.3 is 0 Å². The Bertz CT molecular complexity index is 1150. The Morgan fingerprint density at radius 2 is 1.71 bits per heavy atom. The summed E-state index contributed by atoms with van der Waals surface area (Å²) in [6.07, 6.45) is -1.00. The third kappa shape index (κ3) is 3.16. The van der Waals surface area contributed by atoms with Gasteiger partial charge in [0.25, 0.3) is 6.04 Å². The number of ether oxygens (including phenoxy) is 4. The highest BCUT2D eigenvalue weighted by Gasteiger charge is 2.49. The molecule has 5 rings (SSSR count). The molecule has 158 valence electrons. The van der Waals surface area contributed by atoms with Crippen molar-refractivity contribution in [2.75, 3.05) is 13.9 Å². The van der Waals surface area contributed by atoms with E-state index in [1.807, 2.05) is 12.1 Å². The Hall–Kier alpha value is -3.94. The lowest BCUT2D eigenvalue weighted by Crippen LogP contribution is -2.40. The summed E-state index contributed by atoms with van der Waals surface area (Å²) in [5, 5.41) is 22.8. The van der Waals surface area contributed by atoms with Gasteiger partial charge in [-0.25, -0.2) is 0 Å². The van der Waals surface area contributed by atoms with E-state index in [9.17, 15) is 15.2 Å². The first kappa shape index (κ1) is 19.0. The second-order valence-corrected chi connectivity index (χ2v) is 7.37. The Kier molecular flexibility index (Phi) is 4.54. The average Bonchev–Trinajstić information content (AvgIpc) is 3.24. The summed E-state index contributed by atoms with van der Waals surface area (Å²) in [7, 11) is 1.56. The molecule has 8 nitrogen and oxygen atoms in total. The first-order chi connectivity index (χ1) is 15.1. The van der Waals surface area contributed by atoms with Crippen LogP contribution in [0.15, 0.2) is 60.7 Å². The number of aromatic hydroxyl groups is 1. The van der Waals surface area contributed by atoms with Crippen molar-refractivity contribution >= 4 is 0 Å². The highest BCUT2D eigenvalue weighted by Crippen LogP contribution is 2.51. The van der Waals surface area contributed by atoms with Crippen molar-refractivity contribution in [1.29, 1.82) is 0 Å². The van der Waals surface area contributed by atoms with Gasteiger partial charge in [0, 0.05) is 22.1 Å². The SMILES string of the molecule is COc1ccc([C@@H]2c3cc4c(cc3O[C@H](c3ccccc3O)[C@H]2[N+](=O)[O-])OCO4)cc1. The molecule has 3 aromatic carbocycles. The van der Waals surface area contributed by atoms with Crippen LogP contribution in [0.2, 0.25) is 0 Å². The number of nitrogens with zero attached hydrogens (tertiary/aromatic N) is 1. The quantitative estimate of drug-likeness (QED) is 0.501. The maximum atomic E-state index is 12.4. The lowest BCUT2D eigenvalue weighted by Gasteiger charge is -2.35. The van der Waals surface area contributed by atoms with E-state index in [1.165, 1.54) is 6.07 Å². The van der Waals surface area contributed by atoms with Gasteiger partial charge in [0.2, 0.25) is 6.79 Å². The molecule has 31 heavy (non-hydrogen) atoms. The van der Waals surface area contributed by atoms with E-state index in [-0.39, 0.29) is 17.5 Å². The van der Waals surface area contributed by atoms with Gasteiger partial charge in [-0.2, -0.15) is 0 Å². The van der Waals surface area contributed by atoms with Gasteiger partial charge in [-0.3, -0.25) is 10.1 Å². The average molecular weight is 421 g/mol. The van der Waals surface area contributed by atoms with Gasteiger partial charge in [0.15, 0.2) is 17.6 Å². The monoisotopic (exact) mass is 421 g/mol. The topological polar surface area (TPSA) is 100 Å². The molecule has 3 atom stereocenters. The summed E-state index contributed by atoms with van der Waals surface area (Å²) in [5.74, 6) is 1.43.